The van der Waals surface area contributed by atoms with Crippen LogP contribution < -0.4 is 9.47 Å². The van der Waals surface area contributed by atoms with Gasteiger partial charge in [-0.2, -0.15) is 13.2 Å². The summed E-state index contributed by atoms with van der Waals surface area (Å²) in [6, 6.07) is 16.1. The Labute approximate surface area is 179 Å². The molecule has 3 aromatic carbocycles. The lowest BCUT2D eigenvalue weighted by Crippen LogP contribution is -2.22. The van der Waals surface area contributed by atoms with Gasteiger partial charge in [0.25, 0.3) is 0 Å². The number of fused-ring (bicyclic) bond motifs is 1. The molecule has 0 aliphatic carbocycles. The van der Waals surface area contributed by atoms with E-state index in [1.165, 1.54) is 19.1 Å². The molecule has 1 unspecified atom stereocenters. The summed E-state index contributed by atoms with van der Waals surface area (Å²) in [5.41, 5.74) is 0.555. The van der Waals surface area contributed by atoms with Crippen LogP contribution in [-0.4, -0.2) is 22.3 Å². The Kier molecular flexibility index (Phi) is 5.48. The van der Waals surface area contributed by atoms with E-state index in [-0.39, 0.29) is 0 Å². The van der Waals surface area contributed by atoms with Crippen molar-refractivity contribution in [2.75, 3.05) is 0 Å². The molecule has 1 atom stereocenters. The number of halogens is 3. The van der Waals surface area contributed by atoms with Crippen LogP contribution in [0.4, 0.5) is 13.2 Å². The van der Waals surface area contributed by atoms with Crippen LogP contribution in [0.25, 0.3) is 22.2 Å². The van der Waals surface area contributed by atoms with E-state index in [1.54, 1.807) is 42.5 Å². The summed E-state index contributed by atoms with van der Waals surface area (Å²) in [5.74, 6) is 0.0941. The zero-order chi connectivity index (χ0) is 22.9. The monoisotopic (exact) mass is 443 g/mol. The average molecular weight is 443 g/mol. The third kappa shape index (κ3) is 4.51. The van der Waals surface area contributed by atoms with Gasteiger partial charge in [0.2, 0.25) is 0 Å². The number of aromatic nitrogens is 1. The molecule has 9 heteroatoms. The highest BCUT2D eigenvalue weighted by molar-refractivity contribution is 5.92. The van der Waals surface area contributed by atoms with Crippen molar-refractivity contribution in [1.29, 1.82) is 0 Å². The Morgan fingerprint density at radius 1 is 1.00 bits per heavy atom. The van der Waals surface area contributed by atoms with E-state index in [4.69, 9.17) is 19.1 Å². The van der Waals surface area contributed by atoms with Crippen LogP contribution in [-0.2, 0) is 11.0 Å². The van der Waals surface area contributed by atoms with Crippen LogP contribution in [0.2, 0.25) is 0 Å². The first-order chi connectivity index (χ1) is 15.2. The maximum atomic E-state index is 12.8. The van der Waals surface area contributed by atoms with E-state index in [2.05, 4.69) is 5.16 Å². The Morgan fingerprint density at radius 2 is 1.69 bits per heavy atom. The zero-order valence-electron chi connectivity index (χ0n) is 16.6. The van der Waals surface area contributed by atoms with E-state index >= 15 is 0 Å². The maximum absolute atomic E-state index is 12.8. The number of hydrogen-bond donors (Lipinski definition) is 1. The molecule has 0 saturated heterocycles. The molecule has 0 fully saturated rings. The van der Waals surface area contributed by atoms with Crippen molar-refractivity contribution in [3.05, 3.63) is 72.3 Å². The van der Waals surface area contributed by atoms with Gasteiger partial charge in [0.1, 0.15) is 22.9 Å². The molecule has 6 nitrogen and oxygen atoms in total. The fourth-order valence-corrected chi connectivity index (χ4v) is 3.01. The first-order valence-electron chi connectivity index (χ1n) is 9.45. The zero-order valence-corrected chi connectivity index (χ0v) is 16.6. The van der Waals surface area contributed by atoms with Gasteiger partial charge in [0, 0.05) is 23.1 Å². The molecule has 4 rings (SSSR count). The number of alkyl halides is 3. The van der Waals surface area contributed by atoms with Gasteiger partial charge >= 0.3 is 12.1 Å². The van der Waals surface area contributed by atoms with E-state index in [0.717, 1.165) is 12.1 Å². The van der Waals surface area contributed by atoms with Crippen LogP contribution in [0.5, 0.6) is 17.2 Å². The number of benzene rings is 3. The van der Waals surface area contributed by atoms with E-state index < -0.39 is 23.8 Å². The standard InChI is InChI=1S/C23H16F3NO5/c1-13(22(28)29)30-16-3-2-4-17(11-16)31-18-9-10-19-20(12-18)32-27-21(19)14-5-7-15(8-6-14)23(24,25)26/h2-13H,1H3,(H,28,29). The smallest absolute Gasteiger partial charge is 0.416 e. The minimum atomic E-state index is -4.41. The van der Waals surface area contributed by atoms with Crippen LogP contribution in [0.15, 0.2) is 71.3 Å². The molecule has 4 aromatic rings. The fraction of sp³-hybridized carbons (Fsp3) is 0.130. The minimum Gasteiger partial charge on any atom is -0.479 e. The second kappa shape index (κ2) is 8.26. The molecule has 1 heterocycles. The summed E-state index contributed by atoms with van der Waals surface area (Å²) in [6.07, 6.45) is -5.43. The normalized spacial score (nSPS) is 12.5. The molecule has 1 aromatic heterocycles. The van der Waals surface area contributed by atoms with Crippen molar-refractivity contribution >= 4 is 16.9 Å². The van der Waals surface area contributed by atoms with E-state index in [1.807, 2.05) is 0 Å². The van der Waals surface area contributed by atoms with Crippen molar-refractivity contribution in [2.24, 2.45) is 0 Å². The van der Waals surface area contributed by atoms with Crippen molar-refractivity contribution in [1.82, 2.24) is 5.16 Å². The molecule has 0 amide bonds. The quantitative estimate of drug-likeness (QED) is 0.385. The van der Waals surface area contributed by atoms with Crippen LogP contribution in [0, 0.1) is 0 Å². The molecule has 164 valence electrons. The van der Waals surface area contributed by atoms with Crippen LogP contribution in [0.1, 0.15) is 12.5 Å². The highest BCUT2D eigenvalue weighted by Crippen LogP contribution is 2.35. The summed E-state index contributed by atoms with van der Waals surface area (Å²) in [4.78, 5) is 10.9. The summed E-state index contributed by atoms with van der Waals surface area (Å²) in [7, 11) is 0. The maximum Gasteiger partial charge on any atom is 0.416 e. The number of rotatable bonds is 6. The first-order valence-corrected chi connectivity index (χ1v) is 9.45. The summed E-state index contributed by atoms with van der Waals surface area (Å²) in [5, 5.41) is 13.6. The second-order valence-electron chi connectivity index (χ2n) is 6.94. The molecule has 0 aliphatic heterocycles. The highest BCUT2D eigenvalue weighted by Gasteiger charge is 2.30. The molecule has 1 N–H and O–H groups in total. The molecular formula is C23H16F3NO5. The van der Waals surface area contributed by atoms with Crippen molar-refractivity contribution < 1.29 is 37.1 Å². The predicted octanol–water partition coefficient (Wildman–Crippen LogP) is 6.16. The number of nitrogens with zero attached hydrogens (tertiary/aromatic N) is 1. The number of ether oxygens (including phenoxy) is 2. The second-order valence-corrected chi connectivity index (χ2v) is 6.94. The largest absolute Gasteiger partial charge is 0.479 e. The van der Waals surface area contributed by atoms with Gasteiger partial charge < -0.3 is 19.1 Å². The number of hydrogen-bond acceptors (Lipinski definition) is 5. The third-order valence-corrected chi connectivity index (χ3v) is 4.63. The predicted molar refractivity (Wildman–Crippen MR) is 109 cm³/mol. The van der Waals surface area contributed by atoms with Crippen molar-refractivity contribution in [3.63, 3.8) is 0 Å². The molecule has 0 saturated carbocycles. The van der Waals surface area contributed by atoms with E-state index in [9.17, 15) is 18.0 Å². The first kappa shape index (κ1) is 21.2. The lowest BCUT2D eigenvalue weighted by molar-refractivity contribution is -0.144. The van der Waals surface area contributed by atoms with Gasteiger partial charge in [-0.05, 0) is 43.3 Å². The molecule has 0 spiro atoms. The number of carboxylic acids is 1. The molecule has 0 aliphatic rings. The fourth-order valence-electron chi connectivity index (χ4n) is 3.01. The van der Waals surface area contributed by atoms with Gasteiger partial charge in [0.15, 0.2) is 11.7 Å². The van der Waals surface area contributed by atoms with Crippen LogP contribution in [0.3, 0.4) is 0 Å². The SMILES string of the molecule is CC(Oc1cccc(Oc2ccc3c(-c4ccc(C(F)(F)F)cc4)noc3c2)c1)C(=O)O. The summed E-state index contributed by atoms with van der Waals surface area (Å²) in [6.45, 7) is 1.42. The molecule has 32 heavy (non-hydrogen) atoms. The van der Waals surface area contributed by atoms with Gasteiger partial charge in [0.05, 0.1) is 5.56 Å². The lowest BCUT2D eigenvalue weighted by Gasteiger charge is -2.12. The molecular weight excluding hydrogens is 427 g/mol. The Balaban J connectivity index is 1.55. The van der Waals surface area contributed by atoms with Gasteiger partial charge in [-0.25, -0.2) is 4.79 Å². The topological polar surface area (TPSA) is 81.8 Å². The molecule has 0 bridgehead atoms. The minimum absolute atomic E-state index is 0.336. The molecule has 0 radical (unpaired) electrons. The Bertz CT molecular complexity index is 1260. The number of carbonyl (C=O) groups is 1. The Hall–Kier alpha value is -4.01. The highest BCUT2D eigenvalue weighted by atomic mass is 19.4. The summed E-state index contributed by atoms with van der Waals surface area (Å²) >= 11 is 0. The number of carboxylic acid groups (broad SMARTS) is 1. The Morgan fingerprint density at radius 3 is 2.38 bits per heavy atom. The average Bonchev–Trinajstić information content (AvgIpc) is 3.16. The lowest BCUT2D eigenvalue weighted by atomic mass is 10.1. The summed E-state index contributed by atoms with van der Waals surface area (Å²) < 4.78 is 54.8. The van der Waals surface area contributed by atoms with Gasteiger partial charge in [-0.3, -0.25) is 0 Å². The number of aliphatic carboxylic acids is 1. The van der Waals surface area contributed by atoms with Crippen LogP contribution >= 0.6 is 0 Å². The third-order valence-electron chi connectivity index (χ3n) is 4.63. The van der Waals surface area contributed by atoms with Gasteiger partial charge in [-0.1, -0.05) is 23.4 Å². The van der Waals surface area contributed by atoms with E-state index in [0.29, 0.717) is 39.5 Å². The van der Waals surface area contributed by atoms with Crippen molar-refractivity contribution in [3.8, 4) is 28.5 Å². The van der Waals surface area contributed by atoms with Gasteiger partial charge in [-0.15, -0.1) is 0 Å². The van der Waals surface area contributed by atoms with Crippen molar-refractivity contribution in [2.45, 2.75) is 19.2 Å².